The Bertz CT molecular complexity index is 568. The average molecular weight is 170 g/mol. The topological polar surface area (TPSA) is 42.8 Å². The van der Waals surface area contributed by atoms with Gasteiger partial charge in [-0.3, -0.25) is 5.10 Å². The summed E-state index contributed by atoms with van der Waals surface area (Å²) < 4.78 is 0. The molecule has 2 N–H and O–H groups in total. The Morgan fingerprint density at radius 2 is 2.15 bits per heavy atom. The molecular formula is C10H8N3+. The summed E-state index contributed by atoms with van der Waals surface area (Å²) in [5.74, 6) is 0. The Hall–Kier alpha value is -1.90. The molecule has 0 amide bonds. The van der Waals surface area contributed by atoms with E-state index in [1.54, 1.807) is 0 Å². The largest absolute Gasteiger partial charge is 0.285 e. The first-order valence-electron chi connectivity index (χ1n) is 4.17. The highest BCUT2D eigenvalue weighted by Gasteiger charge is 2.04. The van der Waals surface area contributed by atoms with Crippen molar-refractivity contribution in [3.63, 3.8) is 0 Å². The van der Waals surface area contributed by atoms with Crippen molar-refractivity contribution in [2.75, 3.05) is 0 Å². The van der Waals surface area contributed by atoms with Crippen LogP contribution in [-0.4, -0.2) is 10.2 Å². The zero-order chi connectivity index (χ0) is 8.67. The predicted octanol–water partition coefficient (Wildman–Crippen LogP) is 1.53. The molecule has 0 bridgehead atoms. The molecule has 0 spiro atoms. The summed E-state index contributed by atoms with van der Waals surface area (Å²) in [6.07, 6.45) is 5.71. The van der Waals surface area contributed by atoms with Crippen molar-refractivity contribution in [2.45, 2.75) is 0 Å². The van der Waals surface area contributed by atoms with Crippen LogP contribution in [0.5, 0.6) is 0 Å². The summed E-state index contributed by atoms with van der Waals surface area (Å²) in [6, 6.07) is 6.21. The van der Waals surface area contributed by atoms with Crippen molar-refractivity contribution in [3.8, 4) is 0 Å². The minimum absolute atomic E-state index is 1.16. The SMILES string of the molecule is c1cc2c(ccc3cn[nH]cc32)[nH+]1. The van der Waals surface area contributed by atoms with E-state index in [4.69, 9.17) is 0 Å². The third kappa shape index (κ3) is 0.839. The lowest BCUT2D eigenvalue weighted by Crippen LogP contribution is -1.93. The van der Waals surface area contributed by atoms with E-state index in [0.29, 0.717) is 0 Å². The second-order valence-corrected chi connectivity index (χ2v) is 3.04. The molecule has 0 atom stereocenters. The molecule has 1 aromatic carbocycles. The van der Waals surface area contributed by atoms with Crippen LogP contribution in [0.25, 0.3) is 21.7 Å². The molecule has 3 rings (SSSR count). The van der Waals surface area contributed by atoms with Gasteiger partial charge in [0.15, 0.2) is 6.20 Å². The maximum Gasteiger partial charge on any atom is 0.211 e. The molecule has 0 radical (unpaired) electrons. The molecule has 0 aliphatic carbocycles. The van der Waals surface area contributed by atoms with Crippen molar-refractivity contribution < 1.29 is 4.98 Å². The molecule has 3 aromatic rings. The second kappa shape index (κ2) is 2.29. The van der Waals surface area contributed by atoms with Crippen molar-refractivity contribution >= 4 is 21.7 Å². The first kappa shape index (κ1) is 6.60. The number of aromatic nitrogens is 3. The molecule has 2 aromatic heterocycles. The van der Waals surface area contributed by atoms with Gasteiger partial charge in [-0.1, -0.05) is 0 Å². The van der Waals surface area contributed by atoms with Gasteiger partial charge >= 0.3 is 0 Å². The number of hydrogen-bond donors (Lipinski definition) is 1. The summed E-state index contributed by atoms with van der Waals surface area (Å²) in [4.78, 5) is 3.18. The molecule has 0 fully saturated rings. The molecule has 0 saturated carbocycles. The lowest BCUT2D eigenvalue weighted by molar-refractivity contribution is -0.341. The smallest absolute Gasteiger partial charge is 0.211 e. The van der Waals surface area contributed by atoms with Gasteiger partial charge in [0.25, 0.3) is 0 Å². The second-order valence-electron chi connectivity index (χ2n) is 3.04. The molecule has 13 heavy (non-hydrogen) atoms. The van der Waals surface area contributed by atoms with Crippen LogP contribution in [0.1, 0.15) is 0 Å². The third-order valence-corrected chi connectivity index (χ3v) is 2.30. The lowest BCUT2D eigenvalue weighted by atomic mass is 10.1. The highest BCUT2D eigenvalue weighted by molar-refractivity contribution is 6.04. The van der Waals surface area contributed by atoms with Crippen LogP contribution in [-0.2, 0) is 0 Å². The van der Waals surface area contributed by atoms with Crippen molar-refractivity contribution in [1.82, 2.24) is 10.2 Å². The van der Waals surface area contributed by atoms with Gasteiger partial charge in [0, 0.05) is 29.1 Å². The van der Waals surface area contributed by atoms with E-state index in [-0.39, 0.29) is 0 Å². The first-order chi connectivity index (χ1) is 6.45. The molecule has 62 valence electrons. The minimum atomic E-state index is 1.16. The third-order valence-electron chi connectivity index (χ3n) is 2.30. The highest BCUT2D eigenvalue weighted by Crippen LogP contribution is 2.20. The number of rotatable bonds is 0. The van der Waals surface area contributed by atoms with Crippen LogP contribution < -0.4 is 4.98 Å². The van der Waals surface area contributed by atoms with E-state index in [0.717, 1.165) is 10.9 Å². The van der Waals surface area contributed by atoms with E-state index < -0.39 is 0 Å². The number of H-pyrrole nitrogens is 2. The van der Waals surface area contributed by atoms with Gasteiger partial charge < -0.3 is 0 Å². The predicted molar refractivity (Wildman–Crippen MR) is 50.2 cm³/mol. The summed E-state index contributed by atoms with van der Waals surface area (Å²) in [5, 5.41) is 10.4. The van der Waals surface area contributed by atoms with E-state index in [1.807, 2.05) is 18.6 Å². The number of aromatic amines is 2. The number of benzene rings is 1. The molecule has 0 unspecified atom stereocenters. The molecular weight excluding hydrogens is 162 g/mol. The van der Waals surface area contributed by atoms with Crippen LogP contribution in [0.15, 0.2) is 36.8 Å². The van der Waals surface area contributed by atoms with Gasteiger partial charge in [0.2, 0.25) is 5.52 Å². The summed E-state index contributed by atoms with van der Waals surface area (Å²) in [6.45, 7) is 0. The standard InChI is InChI=1S/C10H7N3/c1-2-10-8(3-4-11-10)9-6-13-12-5-7(1)9/h1-6,13H/p+1. The van der Waals surface area contributed by atoms with Gasteiger partial charge in [-0.2, -0.15) is 5.10 Å². The maximum atomic E-state index is 3.97. The van der Waals surface area contributed by atoms with Gasteiger partial charge in [0.05, 0.1) is 11.6 Å². The fourth-order valence-corrected chi connectivity index (χ4v) is 1.66. The lowest BCUT2D eigenvalue weighted by Gasteiger charge is -1.94. The summed E-state index contributed by atoms with van der Waals surface area (Å²) in [5.41, 5.74) is 1.16. The molecule has 3 nitrogen and oxygen atoms in total. The number of fused-ring (bicyclic) bond motifs is 3. The zero-order valence-electron chi connectivity index (χ0n) is 6.91. The van der Waals surface area contributed by atoms with Crippen LogP contribution >= 0.6 is 0 Å². The quantitative estimate of drug-likeness (QED) is 0.546. The van der Waals surface area contributed by atoms with E-state index >= 15 is 0 Å². The Morgan fingerprint density at radius 3 is 3.15 bits per heavy atom. The molecule has 0 aliphatic heterocycles. The highest BCUT2D eigenvalue weighted by atomic mass is 15.1. The molecule has 3 heteroatoms. The monoisotopic (exact) mass is 170 g/mol. The fraction of sp³-hybridized carbons (Fsp3) is 0. The maximum absolute atomic E-state index is 3.97. The van der Waals surface area contributed by atoms with Crippen molar-refractivity contribution in [2.24, 2.45) is 0 Å². The first-order valence-corrected chi connectivity index (χ1v) is 4.17. The van der Waals surface area contributed by atoms with Crippen molar-refractivity contribution in [1.29, 1.82) is 0 Å². The average Bonchev–Trinajstić information content (AvgIpc) is 2.65. The summed E-state index contributed by atoms with van der Waals surface area (Å²) in [7, 11) is 0. The van der Waals surface area contributed by atoms with Gasteiger partial charge in [-0.15, -0.1) is 0 Å². The van der Waals surface area contributed by atoms with Crippen molar-refractivity contribution in [3.05, 3.63) is 36.8 Å². The Labute approximate surface area is 74.4 Å². The van der Waals surface area contributed by atoms with Gasteiger partial charge in [-0.05, 0) is 6.07 Å². The Morgan fingerprint density at radius 1 is 1.15 bits per heavy atom. The van der Waals surface area contributed by atoms with E-state index in [9.17, 15) is 0 Å². The van der Waals surface area contributed by atoms with Crippen LogP contribution in [0.3, 0.4) is 0 Å². The molecule has 2 heterocycles. The molecule has 0 saturated heterocycles. The van der Waals surface area contributed by atoms with Crippen LogP contribution in [0.2, 0.25) is 0 Å². The van der Waals surface area contributed by atoms with E-state index in [1.165, 1.54) is 10.8 Å². The molecule has 0 aliphatic rings. The Kier molecular flexibility index (Phi) is 1.16. The zero-order valence-corrected chi connectivity index (χ0v) is 6.91. The normalized spacial score (nSPS) is 11.1. The minimum Gasteiger partial charge on any atom is -0.285 e. The van der Waals surface area contributed by atoms with Gasteiger partial charge in [0.1, 0.15) is 0 Å². The van der Waals surface area contributed by atoms with Crippen LogP contribution in [0, 0.1) is 0 Å². The number of hydrogen-bond acceptors (Lipinski definition) is 1. The van der Waals surface area contributed by atoms with E-state index in [2.05, 4.69) is 33.4 Å². The number of nitrogens with one attached hydrogen (secondary N) is 2. The fourth-order valence-electron chi connectivity index (χ4n) is 1.66. The van der Waals surface area contributed by atoms with Crippen LogP contribution in [0.4, 0.5) is 0 Å². The van der Waals surface area contributed by atoms with Gasteiger partial charge in [-0.25, -0.2) is 4.98 Å². The summed E-state index contributed by atoms with van der Waals surface area (Å²) >= 11 is 0. The Balaban J connectivity index is 2.65. The number of nitrogens with zero attached hydrogens (tertiary/aromatic N) is 1.